The van der Waals surface area contributed by atoms with E-state index in [0.29, 0.717) is 0 Å². The molecule has 1 rings (SSSR count). The Bertz CT molecular complexity index is 66.6. The molecule has 9 heavy (non-hydrogen) atoms. The molecule has 56 valence electrons. The van der Waals surface area contributed by atoms with Crippen LogP contribution in [0.2, 0.25) is 0 Å². The van der Waals surface area contributed by atoms with Gasteiger partial charge in [-0.3, -0.25) is 0 Å². The molecule has 0 unspecified atom stereocenters. The van der Waals surface area contributed by atoms with Crippen LogP contribution in [0.15, 0.2) is 0 Å². The quantitative estimate of drug-likeness (QED) is 0.590. The summed E-state index contributed by atoms with van der Waals surface area (Å²) in [7, 11) is 0. The van der Waals surface area contributed by atoms with Crippen LogP contribution >= 0.6 is 11.2 Å². The molecule has 0 saturated carbocycles. The molecule has 0 atom stereocenters. The fourth-order valence-corrected chi connectivity index (χ4v) is 3.18. The zero-order chi connectivity index (χ0) is 6.53. The van der Waals surface area contributed by atoms with E-state index in [2.05, 4.69) is 6.92 Å². The van der Waals surface area contributed by atoms with Gasteiger partial charge in [0.15, 0.2) is 0 Å². The highest BCUT2D eigenvalue weighted by atomic mass is 32.2. The highest BCUT2D eigenvalue weighted by molar-refractivity contribution is 8.12. The van der Waals surface area contributed by atoms with Gasteiger partial charge in [0.25, 0.3) is 0 Å². The van der Waals surface area contributed by atoms with Crippen molar-refractivity contribution in [1.82, 2.24) is 0 Å². The molecule has 0 N–H and O–H groups in total. The summed E-state index contributed by atoms with van der Waals surface area (Å²) in [5, 5.41) is 0. The van der Waals surface area contributed by atoms with Crippen LogP contribution in [0.5, 0.6) is 0 Å². The van der Waals surface area contributed by atoms with E-state index >= 15 is 0 Å². The molecule has 2 heteroatoms. The third kappa shape index (κ3) is 2.59. The summed E-state index contributed by atoms with van der Waals surface area (Å²) in [5.74, 6) is 2.73. The second kappa shape index (κ2) is 4.18. The van der Waals surface area contributed by atoms with Crippen LogP contribution in [-0.2, 0) is 4.18 Å². The van der Waals surface area contributed by atoms with Crippen LogP contribution in [0.25, 0.3) is 0 Å². The van der Waals surface area contributed by atoms with Crippen LogP contribution in [0.1, 0.15) is 26.2 Å². The molecule has 1 aliphatic rings. The van der Waals surface area contributed by atoms with E-state index in [1.54, 1.807) is 0 Å². The van der Waals surface area contributed by atoms with Crippen LogP contribution in [0.4, 0.5) is 0 Å². The van der Waals surface area contributed by atoms with Crippen molar-refractivity contribution in [1.29, 1.82) is 0 Å². The summed E-state index contributed by atoms with van der Waals surface area (Å²) in [6.45, 7) is 3.02. The predicted octanol–water partition coefficient (Wildman–Crippen LogP) is 2.12. The summed E-state index contributed by atoms with van der Waals surface area (Å²) in [6.07, 6.45) is 4.25. The number of hydrogen-bond acceptors (Lipinski definition) is 1. The van der Waals surface area contributed by atoms with E-state index in [-0.39, 0.29) is 11.2 Å². The average Bonchev–Trinajstić information content (AvgIpc) is 1.91. The molecule has 0 aliphatic carbocycles. The van der Waals surface area contributed by atoms with Crippen molar-refractivity contribution in [3.63, 3.8) is 0 Å². The van der Waals surface area contributed by atoms with E-state index in [1.165, 1.54) is 30.8 Å². The molecular weight excluding hydrogens is 132 g/mol. The molecular formula is C7H16OS. The monoisotopic (exact) mass is 148 g/mol. The van der Waals surface area contributed by atoms with Crippen molar-refractivity contribution < 1.29 is 4.18 Å². The first-order valence-electron chi connectivity index (χ1n) is 3.81. The van der Waals surface area contributed by atoms with Gasteiger partial charge in [-0.2, -0.15) is 0 Å². The molecule has 0 aromatic rings. The highest BCUT2D eigenvalue weighted by Gasteiger charge is 2.07. The summed E-state index contributed by atoms with van der Waals surface area (Å²) in [5.41, 5.74) is 0. The Kier molecular flexibility index (Phi) is 3.44. The molecule has 0 aromatic carbocycles. The van der Waals surface area contributed by atoms with Gasteiger partial charge in [-0.25, -0.2) is 0 Å². The molecule has 0 bridgehead atoms. The fourth-order valence-electron chi connectivity index (χ4n) is 1.18. The van der Waals surface area contributed by atoms with Crippen LogP contribution < -0.4 is 0 Å². The Morgan fingerprint density at radius 3 is 2.44 bits per heavy atom. The van der Waals surface area contributed by atoms with E-state index < -0.39 is 0 Å². The van der Waals surface area contributed by atoms with Crippen molar-refractivity contribution in [2.45, 2.75) is 26.2 Å². The van der Waals surface area contributed by atoms with Crippen LogP contribution in [0.3, 0.4) is 0 Å². The first-order valence-corrected chi connectivity index (χ1v) is 5.44. The average molecular weight is 148 g/mol. The van der Waals surface area contributed by atoms with Crippen LogP contribution in [0, 0.1) is 0 Å². The number of rotatable bonds is 2. The third-order valence-electron chi connectivity index (χ3n) is 1.63. The Hall–Kier alpha value is 0.310. The van der Waals surface area contributed by atoms with Gasteiger partial charge >= 0.3 is 0 Å². The Labute approximate surface area is 60.3 Å². The molecule has 0 amide bonds. The second-order valence-corrected chi connectivity index (χ2v) is 4.52. The van der Waals surface area contributed by atoms with Crippen molar-refractivity contribution in [2.24, 2.45) is 0 Å². The van der Waals surface area contributed by atoms with Crippen molar-refractivity contribution in [3.8, 4) is 0 Å². The minimum absolute atomic E-state index is 0.0282. The van der Waals surface area contributed by atoms with Gasteiger partial charge in [-0.15, -0.1) is 11.2 Å². The molecule has 1 fully saturated rings. The van der Waals surface area contributed by atoms with Crippen molar-refractivity contribution >= 4 is 11.2 Å². The summed E-state index contributed by atoms with van der Waals surface area (Å²) in [6, 6.07) is 0. The van der Waals surface area contributed by atoms with E-state index in [9.17, 15) is 0 Å². The maximum absolute atomic E-state index is 5.55. The Balaban J connectivity index is 2.08. The lowest BCUT2D eigenvalue weighted by atomic mass is 10.3. The smallest absolute Gasteiger partial charge is 0.0561 e. The van der Waals surface area contributed by atoms with E-state index in [0.717, 1.165) is 6.61 Å². The Morgan fingerprint density at radius 2 is 1.89 bits per heavy atom. The van der Waals surface area contributed by atoms with Crippen molar-refractivity contribution in [3.05, 3.63) is 0 Å². The lowest BCUT2D eigenvalue weighted by molar-refractivity contribution is 0.387. The maximum atomic E-state index is 5.55. The normalized spacial score (nSPS) is 24.3. The summed E-state index contributed by atoms with van der Waals surface area (Å²) >= 11 is 0.0282. The van der Waals surface area contributed by atoms with Crippen molar-refractivity contribution in [2.75, 3.05) is 18.1 Å². The number of thiol groups is 1. The minimum Gasteiger partial charge on any atom is -0.340 e. The third-order valence-corrected chi connectivity index (χ3v) is 3.88. The molecule has 0 aromatic heterocycles. The zero-order valence-electron chi connectivity index (χ0n) is 6.10. The van der Waals surface area contributed by atoms with Gasteiger partial charge < -0.3 is 4.18 Å². The van der Waals surface area contributed by atoms with Gasteiger partial charge in [0, 0.05) is 0 Å². The Morgan fingerprint density at radius 1 is 1.22 bits per heavy atom. The largest absolute Gasteiger partial charge is 0.340 e. The minimum atomic E-state index is 0.0282. The van der Waals surface area contributed by atoms with E-state index in [1.807, 2.05) is 0 Å². The van der Waals surface area contributed by atoms with Gasteiger partial charge in [-0.05, 0) is 31.3 Å². The van der Waals surface area contributed by atoms with Crippen LogP contribution in [-0.4, -0.2) is 18.1 Å². The van der Waals surface area contributed by atoms with Gasteiger partial charge in [0.1, 0.15) is 0 Å². The standard InChI is InChI=1S/C7H16OS/c1-2-8-9-6-4-3-5-7-9/h9H,2-7H2,1H3. The molecule has 1 saturated heterocycles. The molecule has 1 aliphatic heterocycles. The predicted molar refractivity (Wildman–Crippen MR) is 44.2 cm³/mol. The topological polar surface area (TPSA) is 9.23 Å². The maximum Gasteiger partial charge on any atom is 0.0561 e. The highest BCUT2D eigenvalue weighted by Crippen LogP contribution is 2.33. The molecule has 1 nitrogen and oxygen atoms in total. The lowest BCUT2D eigenvalue weighted by Crippen LogP contribution is -2.04. The first-order chi connectivity index (χ1) is 4.43. The SMILES string of the molecule is CCO[SH]1CCCCC1. The number of hydrogen-bond donors (Lipinski definition) is 1. The van der Waals surface area contributed by atoms with Gasteiger partial charge in [0.05, 0.1) is 6.61 Å². The lowest BCUT2D eigenvalue weighted by Gasteiger charge is -2.24. The molecule has 0 spiro atoms. The first kappa shape index (κ1) is 7.42. The van der Waals surface area contributed by atoms with Gasteiger partial charge in [-0.1, -0.05) is 6.42 Å². The zero-order valence-corrected chi connectivity index (χ0v) is 6.99. The molecule has 1 heterocycles. The second-order valence-electron chi connectivity index (χ2n) is 2.41. The van der Waals surface area contributed by atoms with E-state index in [4.69, 9.17) is 4.18 Å². The summed E-state index contributed by atoms with van der Waals surface area (Å²) in [4.78, 5) is 0. The molecule has 0 radical (unpaired) electrons. The fraction of sp³-hybridized carbons (Fsp3) is 1.00. The van der Waals surface area contributed by atoms with Gasteiger partial charge in [0.2, 0.25) is 0 Å². The summed E-state index contributed by atoms with van der Waals surface area (Å²) < 4.78 is 5.55.